The van der Waals surface area contributed by atoms with Gasteiger partial charge in [-0.1, -0.05) is 18.2 Å². The Morgan fingerprint density at radius 1 is 1.10 bits per heavy atom. The number of carbonyl (C=O) groups is 2. The number of hydrogen-bond acceptors (Lipinski definition) is 3. The van der Waals surface area contributed by atoms with E-state index in [-0.39, 0.29) is 30.4 Å². The number of halogens is 1. The van der Waals surface area contributed by atoms with Crippen LogP contribution in [-0.2, 0) is 0 Å². The minimum atomic E-state index is -0.131. The van der Waals surface area contributed by atoms with Gasteiger partial charge in [-0.2, -0.15) is 0 Å². The first-order valence-corrected chi connectivity index (χ1v) is 9.88. The van der Waals surface area contributed by atoms with Gasteiger partial charge in [0.1, 0.15) is 0 Å². The lowest BCUT2D eigenvalue weighted by Gasteiger charge is -2.34. The van der Waals surface area contributed by atoms with Crippen LogP contribution in [-0.4, -0.2) is 42.5 Å². The number of nitrogens with one attached hydrogen (secondary N) is 1. The third-order valence-electron chi connectivity index (χ3n) is 5.17. The predicted molar refractivity (Wildman–Crippen MR) is 120 cm³/mol. The van der Waals surface area contributed by atoms with Crippen molar-refractivity contribution in [2.24, 2.45) is 5.73 Å². The standard InChI is InChI=1S/C22H28N4O2.ClH/c1-2-25(19-8-4-3-5-9-19)21(27)17-11-13-18(14-12-17)24-22(28)26-15-7-6-10-20(26)16-23;/h3-5,8-9,11-14,20H,2,6-7,10,15-16,23H2,1H3,(H,24,28);1H. The van der Waals surface area contributed by atoms with Crippen LogP contribution < -0.4 is 16.0 Å². The number of nitrogens with zero attached hydrogens (tertiary/aromatic N) is 2. The van der Waals surface area contributed by atoms with Crippen LogP contribution in [0.4, 0.5) is 16.2 Å². The zero-order valence-electron chi connectivity index (χ0n) is 16.7. The Morgan fingerprint density at radius 2 is 1.79 bits per heavy atom. The number of para-hydroxylation sites is 1. The van der Waals surface area contributed by atoms with Gasteiger partial charge in [0.25, 0.3) is 5.91 Å². The van der Waals surface area contributed by atoms with Gasteiger partial charge >= 0.3 is 6.03 Å². The van der Waals surface area contributed by atoms with Gasteiger partial charge < -0.3 is 20.9 Å². The van der Waals surface area contributed by atoms with Crippen LogP contribution in [0.2, 0.25) is 0 Å². The second-order valence-electron chi connectivity index (χ2n) is 6.97. The highest BCUT2D eigenvalue weighted by Gasteiger charge is 2.25. The molecule has 1 heterocycles. The quantitative estimate of drug-likeness (QED) is 0.769. The van der Waals surface area contributed by atoms with E-state index in [0.29, 0.717) is 24.3 Å². The number of nitrogens with two attached hydrogens (primary N) is 1. The second-order valence-corrected chi connectivity index (χ2v) is 6.97. The van der Waals surface area contributed by atoms with Crippen molar-refractivity contribution in [2.75, 3.05) is 29.9 Å². The minimum absolute atomic E-state index is 0. The zero-order valence-corrected chi connectivity index (χ0v) is 17.5. The summed E-state index contributed by atoms with van der Waals surface area (Å²) in [5.41, 5.74) is 7.93. The average molecular weight is 417 g/mol. The molecular weight excluding hydrogens is 388 g/mol. The fourth-order valence-corrected chi connectivity index (χ4v) is 3.61. The molecule has 2 aromatic carbocycles. The maximum Gasteiger partial charge on any atom is 0.322 e. The first-order chi connectivity index (χ1) is 13.6. The summed E-state index contributed by atoms with van der Waals surface area (Å²) in [6.45, 7) is 3.74. The molecular formula is C22H29ClN4O2. The van der Waals surface area contributed by atoms with Crippen molar-refractivity contribution in [2.45, 2.75) is 32.2 Å². The Kier molecular flexibility index (Phi) is 8.49. The Hall–Kier alpha value is -2.57. The number of carbonyl (C=O) groups excluding carboxylic acids is 2. The first kappa shape index (κ1) is 22.7. The van der Waals surface area contributed by atoms with E-state index in [1.165, 1.54) is 0 Å². The summed E-state index contributed by atoms with van der Waals surface area (Å²) in [6.07, 6.45) is 3.06. The molecule has 1 atom stereocenters. The smallest absolute Gasteiger partial charge is 0.322 e. The normalized spacial score (nSPS) is 15.9. The lowest BCUT2D eigenvalue weighted by Crippen LogP contribution is -2.49. The van der Waals surface area contributed by atoms with Crippen molar-refractivity contribution in [3.63, 3.8) is 0 Å². The monoisotopic (exact) mass is 416 g/mol. The van der Waals surface area contributed by atoms with E-state index in [1.54, 1.807) is 29.2 Å². The van der Waals surface area contributed by atoms with Crippen LogP contribution >= 0.6 is 12.4 Å². The maximum absolute atomic E-state index is 12.9. The van der Waals surface area contributed by atoms with Crippen molar-refractivity contribution in [1.82, 2.24) is 4.90 Å². The van der Waals surface area contributed by atoms with Gasteiger partial charge in [0.05, 0.1) is 0 Å². The molecule has 3 amide bonds. The molecule has 1 saturated heterocycles. The molecule has 29 heavy (non-hydrogen) atoms. The van der Waals surface area contributed by atoms with Crippen molar-refractivity contribution in [1.29, 1.82) is 0 Å². The molecule has 1 unspecified atom stereocenters. The topological polar surface area (TPSA) is 78.7 Å². The molecule has 6 nitrogen and oxygen atoms in total. The molecule has 0 radical (unpaired) electrons. The molecule has 1 aliphatic rings. The molecule has 3 N–H and O–H groups in total. The van der Waals surface area contributed by atoms with Gasteiger partial charge in [-0.15, -0.1) is 12.4 Å². The maximum atomic E-state index is 12.9. The number of likely N-dealkylation sites (tertiary alicyclic amines) is 1. The van der Waals surface area contributed by atoms with Crippen LogP contribution in [0.3, 0.4) is 0 Å². The summed E-state index contributed by atoms with van der Waals surface area (Å²) < 4.78 is 0. The summed E-state index contributed by atoms with van der Waals surface area (Å²) >= 11 is 0. The number of anilines is 2. The highest BCUT2D eigenvalue weighted by Crippen LogP contribution is 2.20. The number of hydrogen-bond donors (Lipinski definition) is 2. The number of amides is 3. The third kappa shape index (κ3) is 5.49. The summed E-state index contributed by atoms with van der Waals surface area (Å²) in [6, 6.07) is 16.6. The molecule has 1 aliphatic heterocycles. The van der Waals surface area contributed by atoms with E-state index in [2.05, 4.69) is 5.32 Å². The van der Waals surface area contributed by atoms with Gasteiger partial charge in [0.15, 0.2) is 0 Å². The SMILES string of the molecule is CCN(C(=O)c1ccc(NC(=O)N2CCCCC2CN)cc1)c1ccccc1.Cl. The molecule has 0 bridgehead atoms. The molecule has 1 fully saturated rings. The average Bonchev–Trinajstić information content (AvgIpc) is 2.75. The van der Waals surface area contributed by atoms with E-state index in [4.69, 9.17) is 5.73 Å². The molecule has 0 saturated carbocycles. The van der Waals surface area contributed by atoms with Crippen LogP contribution in [0.1, 0.15) is 36.5 Å². The molecule has 156 valence electrons. The summed E-state index contributed by atoms with van der Waals surface area (Å²) in [4.78, 5) is 29.0. The fourth-order valence-electron chi connectivity index (χ4n) is 3.61. The van der Waals surface area contributed by atoms with Gasteiger partial charge in [-0.25, -0.2) is 4.79 Å². The van der Waals surface area contributed by atoms with Crippen LogP contribution in [0, 0.1) is 0 Å². The molecule has 0 aromatic heterocycles. The van der Waals surface area contributed by atoms with Crippen LogP contribution in [0.25, 0.3) is 0 Å². The first-order valence-electron chi connectivity index (χ1n) is 9.88. The number of rotatable bonds is 5. The van der Waals surface area contributed by atoms with Crippen LogP contribution in [0.15, 0.2) is 54.6 Å². The second kappa shape index (κ2) is 10.8. The van der Waals surface area contributed by atoms with Gasteiger partial charge in [0.2, 0.25) is 0 Å². The van der Waals surface area contributed by atoms with E-state index in [0.717, 1.165) is 31.5 Å². The van der Waals surface area contributed by atoms with Gasteiger partial charge in [-0.3, -0.25) is 4.79 Å². The lowest BCUT2D eigenvalue weighted by molar-refractivity contribution is 0.0988. The minimum Gasteiger partial charge on any atom is -0.328 e. The number of urea groups is 1. The summed E-state index contributed by atoms with van der Waals surface area (Å²) in [5.74, 6) is -0.0641. The van der Waals surface area contributed by atoms with E-state index >= 15 is 0 Å². The van der Waals surface area contributed by atoms with E-state index < -0.39 is 0 Å². The Bertz CT molecular complexity index is 798. The van der Waals surface area contributed by atoms with E-state index in [1.807, 2.05) is 42.2 Å². The molecule has 3 rings (SSSR count). The Balaban J connectivity index is 0.00000300. The number of benzene rings is 2. The summed E-state index contributed by atoms with van der Waals surface area (Å²) in [5, 5.41) is 2.92. The van der Waals surface area contributed by atoms with Gasteiger partial charge in [0, 0.05) is 42.6 Å². The largest absolute Gasteiger partial charge is 0.328 e. The highest BCUT2D eigenvalue weighted by molar-refractivity contribution is 6.06. The number of piperidine rings is 1. The lowest BCUT2D eigenvalue weighted by atomic mass is 10.0. The summed E-state index contributed by atoms with van der Waals surface area (Å²) in [7, 11) is 0. The third-order valence-corrected chi connectivity index (χ3v) is 5.17. The van der Waals surface area contributed by atoms with Crippen molar-refractivity contribution in [3.05, 3.63) is 60.2 Å². The highest BCUT2D eigenvalue weighted by atomic mass is 35.5. The van der Waals surface area contributed by atoms with Crippen molar-refractivity contribution >= 4 is 35.7 Å². The molecule has 2 aromatic rings. The molecule has 0 spiro atoms. The molecule has 0 aliphatic carbocycles. The Morgan fingerprint density at radius 3 is 2.41 bits per heavy atom. The van der Waals surface area contributed by atoms with Crippen molar-refractivity contribution < 1.29 is 9.59 Å². The Labute approximate surface area is 178 Å². The van der Waals surface area contributed by atoms with Crippen molar-refractivity contribution in [3.8, 4) is 0 Å². The van der Waals surface area contributed by atoms with Gasteiger partial charge in [-0.05, 0) is 62.6 Å². The zero-order chi connectivity index (χ0) is 19.9. The predicted octanol–water partition coefficient (Wildman–Crippen LogP) is 4.12. The van der Waals surface area contributed by atoms with E-state index in [9.17, 15) is 9.59 Å². The molecule has 7 heteroatoms. The van der Waals surface area contributed by atoms with Crippen LogP contribution in [0.5, 0.6) is 0 Å². The fraction of sp³-hybridized carbons (Fsp3) is 0.364.